The zero-order valence-electron chi connectivity index (χ0n) is 23.8. The van der Waals surface area contributed by atoms with Gasteiger partial charge in [0.15, 0.2) is 6.10 Å². The van der Waals surface area contributed by atoms with Crippen LogP contribution in [-0.4, -0.2) is 75.9 Å². The van der Waals surface area contributed by atoms with E-state index < -0.39 is 58.7 Å². The molecule has 2 saturated carbocycles. The number of fused-ring (bicyclic) bond motifs is 3. The van der Waals surface area contributed by atoms with Gasteiger partial charge in [-0.3, -0.25) is 4.79 Å². The van der Waals surface area contributed by atoms with E-state index in [1.54, 1.807) is 13.0 Å². The molecule has 7 aliphatic rings. The van der Waals surface area contributed by atoms with Crippen LogP contribution in [0.2, 0.25) is 0 Å². The Labute approximate surface area is 233 Å². The molecule has 0 amide bonds. The number of carbonyl (C=O) groups excluding carboxylic acids is 3. The van der Waals surface area contributed by atoms with Gasteiger partial charge in [0, 0.05) is 30.9 Å². The summed E-state index contributed by atoms with van der Waals surface area (Å²) in [5.41, 5.74) is -2.96. The van der Waals surface area contributed by atoms with Crippen LogP contribution in [-0.2, 0) is 38.1 Å². The molecule has 0 aromatic carbocycles. The molecular weight excluding hydrogens is 520 g/mol. The zero-order chi connectivity index (χ0) is 28.8. The van der Waals surface area contributed by atoms with E-state index >= 15 is 0 Å². The van der Waals surface area contributed by atoms with Crippen LogP contribution < -0.4 is 0 Å². The smallest absolute Gasteiger partial charge is 0.339 e. The molecule has 6 fully saturated rings. The number of esters is 2. The van der Waals surface area contributed by atoms with Gasteiger partial charge in [0.1, 0.15) is 17.5 Å². The van der Waals surface area contributed by atoms with Crippen molar-refractivity contribution in [2.24, 2.45) is 35.0 Å². The summed E-state index contributed by atoms with van der Waals surface area (Å²) < 4.78 is 30.6. The highest BCUT2D eigenvalue weighted by Gasteiger charge is 2.84. The van der Waals surface area contributed by atoms with Gasteiger partial charge in [-0.25, -0.2) is 9.59 Å². The van der Waals surface area contributed by atoms with Crippen LogP contribution >= 0.6 is 0 Å². The molecule has 0 radical (unpaired) electrons. The lowest BCUT2D eigenvalue weighted by Gasteiger charge is -2.41. The molecule has 2 bridgehead atoms. The largest absolute Gasteiger partial charge is 0.454 e. The Morgan fingerprint density at radius 1 is 1.15 bits per heavy atom. The lowest BCUT2D eigenvalue weighted by molar-refractivity contribution is -0.256. The predicted octanol–water partition coefficient (Wildman–Crippen LogP) is 1.96. The first kappa shape index (κ1) is 26.8. The van der Waals surface area contributed by atoms with Crippen molar-refractivity contribution in [3.63, 3.8) is 0 Å². The number of rotatable bonds is 3. The molecule has 0 aromatic rings. The number of ether oxygens (including phenoxy) is 5. The van der Waals surface area contributed by atoms with Crippen LogP contribution in [0, 0.1) is 35.0 Å². The van der Waals surface area contributed by atoms with Crippen molar-refractivity contribution in [1.82, 2.24) is 0 Å². The van der Waals surface area contributed by atoms with Gasteiger partial charge in [0.05, 0.1) is 23.2 Å². The number of aliphatic hydroxyl groups excluding tert-OH is 2. The summed E-state index contributed by atoms with van der Waals surface area (Å²) in [6, 6.07) is 0. The normalized spacial score (nSPS) is 53.5. The van der Waals surface area contributed by atoms with E-state index in [0.717, 1.165) is 0 Å². The van der Waals surface area contributed by atoms with E-state index in [0.29, 0.717) is 24.2 Å². The molecule has 5 aliphatic heterocycles. The van der Waals surface area contributed by atoms with E-state index in [1.807, 2.05) is 26.8 Å². The maximum atomic E-state index is 14.5. The van der Waals surface area contributed by atoms with Crippen LogP contribution in [0.5, 0.6) is 0 Å². The van der Waals surface area contributed by atoms with Gasteiger partial charge >= 0.3 is 11.9 Å². The quantitative estimate of drug-likeness (QED) is 0.495. The molecule has 10 nitrogen and oxygen atoms in total. The maximum absolute atomic E-state index is 14.5. The molecule has 40 heavy (non-hydrogen) atoms. The first-order valence-corrected chi connectivity index (χ1v) is 14.3. The summed E-state index contributed by atoms with van der Waals surface area (Å²) in [6.45, 7) is 9.63. The Kier molecular flexibility index (Phi) is 5.24. The molecule has 12 atom stereocenters. The Morgan fingerprint density at radius 3 is 2.52 bits per heavy atom. The van der Waals surface area contributed by atoms with Gasteiger partial charge in [-0.1, -0.05) is 13.8 Å². The van der Waals surface area contributed by atoms with Crippen molar-refractivity contribution < 1.29 is 48.3 Å². The topological polar surface area (TPSA) is 138 Å². The molecule has 7 rings (SSSR count). The number of ketones is 1. The second-order valence-corrected chi connectivity index (χ2v) is 14.0. The molecule has 2 N–H and O–H groups in total. The fraction of sp³-hybridized carbons (Fsp3) is 0.767. The monoisotopic (exact) mass is 558 g/mol. The number of cyclic esters (lactones) is 1. The van der Waals surface area contributed by atoms with Crippen LogP contribution in [0.15, 0.2) is 23.5 Å². The minimum absolute atomic E-state index is 0.00674. The first-order chi connectivity index (χ1) is 18.7. The van der Waals surface area contributed by atoms with Crippen molar-refractivity contribution in [2.45, 2.75) is 101 Å². The SMILES string of the molecule is CO[C@@]12O[C@@]3(CC[C@]4(C)[C@H]([C@H](C)/C=C5\C=C(C)C(=O)O5)[C@H]14)C[C@]14OC(=O)[C@H](O)[C@H]1OC(C)(C)[C@@H]4C[C@H](O)[C@H]3C2=O. The standard InChI is InChI=1S/C30H38O10/c1-13(9-15-10-14(2)24(34)37-15)18-21-27(18,5)7-8-28-12-29-17(26(3,4)38-23(29)20(32)25(35)39-29)11-16(31)19(28)22(33)30(21,36-6)40-28/h9-10,13,16-21,23,31-32H,7-8,11-12H2,1-6H3/b15-9+/t13-,16+,17+,18-,19+,20-,21+,23-,27-,28+,29-,30-/m1/s1. The van der Waals surface area contributed by atoms with E-state index in [9.17, 15) is 24.6 Å². The second-order valence-electron chi connectivity index (χ2n) is 14.0. The lowest BCUT2D eigenvalue weighted by Crippen LogP contribution is -2.52. The molecule has 218 valence electrons. The molecule has 0 aromatic heterocycles. The fourth-order valence-electron chi connectivity index (χ4n) is 9.95. The van der Waals surface area contributed by atoms with Gasteiger partial charge in [-0.2, -0.15) is 0 Å². The van der Waals surface area contributed by atoms with Gasteiger partial charge in [-0.15, -0.1) is 0 Å². The zero-order valence-corrected chi connectivity index (χ0v) is 23.8. The second kappa shape index (κ2) is 7.83. The van der Waals surface area contributed by atoms with Gasteiger partial charge in [0.25, 0.3) is 0 Å². The van der Waals surface area contributed by atoms with Gasteiger partial charge in [0.2, 0.25) is 11.6 Å². The number of hydrogen-bond donors (Lipinski definition) is 2. The summed E-state index contributed by atoms with van der Waals surface area (Å²) in [5.74, 6) is -4.11. The third-order valence-corrected chi connectivity index (χ3v) is 11.6. The van der Waals surface area contributed by atoms with Crippen LogP contribution in [0.4, 0.5) is 0 Å². The van der Waals surface area contributed by atoms with E-state index in [1.165, 1.54) is 7.11 Å². The highest BCUT2D eigenvalue weighted by Crippen LogP contribution is 2.76. The average molecular weight is 559 g/mol. The maximum Gasteiger partial charge on any atom is 0.339 e. The first-order valence-electron chi connectivity index (χ1n) is 14.3. The van der Waals surface area contributed by atoms with E-state index in [2.05, 4.69) is 6.92 Å². The Hall–Kier alpha value is -2.11. The number of methoxy groups -OCH3 is 1. The number of Topliss-reactive ketones (excluding diaryl/α,β-unsaturated/α-hetero) is 1. The lowest BCUT2D eigenvalue weighted by atomic mass is 9.69. The third-order valence-electron chi connectivity index (χ3n) is 11.6. The van der Waals surface area contributed by atoms with Crippen molar-refractivity contribution >= 4 is 17.7 Å². The highest BCUT2D eigenvalue weighted by molar-refractivity contribution is 5.93. The Morgan fingerprint density at radius 2 is 1.88 bits per heavy atom. The van der Waals surface area contributed by atoms with Crippen LogP contribution in [0.25, 0.3) is 0 Å². The van der Waals surface area contributed by atoms with Gasteiger partial charge in [-0.05, 0) is 69.4 Å². The molecule has 2 aliphatic carbocycles. The van der Waals surface area contributed by atoms with Crippen LogP contribution in [0.1, 0.15) is 60.3 Å². The van der Waals surface area contributed by atoms with E-state index in [4.69, 9.17) is 23.7 Å². The fourth-order valence-corrected chi connectivity index (χ4v) is 9.95. The molecule has 5 heterocycles. The summed E-state index contributed by atoms with van der Waals surface area (Å²) in [4.78, 5) is 39.0. The molecular formula is C30H38O10. The third kappa shape index (κ3) is 3.04. The molecule has 4 saturated heterocycles. The highest BCUT2D eigenvalue weighted by atomic mass is 16.7. The Balaban J connectivity index is 1.28. The minimum atomic E-state index is -1.58. The van der Waals surface area contributed by atoms with Crippen LogP contribution in [0.3, 0.4) is 0 Å². The number of hydrogen-bond acceptors (Lipinski definition) is 10. The molecule has 0 unspecified atom stereocenters. The van der Waals surface area contributed by atoms with Gasteiger partial charge < -0.3 is 33.9 Å². The van der Waals surface area contributed by atoms with E-state index in [-0.39, 0.29) is 47.8 Å². The predicted molar refractivity (Wildman–Crippen MR) is 136 cm³/mol. The Bertz CT molecular complexity index is 1280. The summed E-state index contributed by atoms with van der Waals surface area (Å²) in [5, 5.41) is 22.5. The van der Waals surface area contributed by atoms with Crippen molar-refractivity contribution in [1.29, 1.82) is 0 Å². The minimum Gasteiger partial charge on any atom is -0.454 e. The average Bonchev–Trinajstić information content (AvgIpc) is 3.11. The number of allylic oxidation sites excluding steroid dienone is 2. The molecule has 10 heteroatoms. The summed E-state index contributed by atoms with van der Waals surface area (Å²) in [7, 11) is 1.48. The van der Waals surface area contributed by atoms with Crippen molar-refractivity contribution in [3.8, 4) is 0 Å². The molecule has 2 spiro atoms. The number of aliphatic hydroxyl groups is 2. The number of carbonyl (C=O) groups is 3. The summed E-state index contributed by atoms with van der Waals surface area (Å²) in [6.07, 6.45) is 1.64. The summed E-state index contributed by atoms with van der Waals surface area (Å²) >= 11 is 0. The van der Waals surface area contributed by atoms with Crippen molar-refractivity contribution in [2.75, 3.05) is 7.11 Å². The van der Waals surface area contributed by atoms with Crippen molar-refractivity contribution in [3.05, 3.63) is 23.5 Å².